The number of rotatable bonds is 26. The van der Waals surface area contributed by atoms with E-state index in [0.29, 0.717) is 13.2 Å². The van der Waals surface area contributed by atoms with Gasteiger partial charge in [-0.1, -0.05) is 159 Å². The molecular formula is C64H74N2O16. The van der Waals surface area contributed by atoms with E-state index in [-0.39, 0.29) is 0 Å². The fourth-order valence-electron chi connectivity index (χ4n) is 8.12. The molecule has 436 valence electrons. The molecule has 0 saturated heterocycles. The quantitative estimate of drug-likeness (QED) is 0.0235. The fourth-order valence-corrected chi connectivity index (χ4v) is 8.12. The first-order valence-corrected chi connectivity index (χ1v) is 26.2. The van der Waals surface area contributed by atoms with Crippen LogP contribution in [-0.4, -0.2) is 152 Å². The lowest BCUT2D eigenvalue weighted by molar-refractivity contribution is -0.170. The minimum absolute atomic E-state index is 0.692. The Bertz CT molecular complexity index is 2780. The Kier molecular flexibility index (Phi) is 28.1. The Labute approximate surface area is 478 Å². The molecule has 0 atom stereocenters. The third-order valence-corrected chi connectivity index (χ3v) is 12.2. The molecule has 6 rings (SSSR count). The predicted octanol–water partition coefficient (Wildman–Crippen LogP) is 9.50. The van der Waals surface area contributed by atoms with Gasteiger partial charge in [0.05, 0.1) is 25.7 Å². The van der Waals surface area contributed by atoms with Gasteiger partial charge in [-0.3, -0.25) is 19.2 Å². The molecule has 0 fully saturated rings. The first-order chi connectivity index (χ1) is 38.9. The lowest BCUT2D eigenvalue weighted by Gasteiger charge is -2.18. The van der Waals surface area contributed by atoms with Crippen LogP contribution in [0.3, 0.4) is 0 Å². The van der Waals surface area contributed by atoms with Gasteiger partial charge in [-0.25, -0.2) is 9.59 Å². The summed E-state index contributed by atoms with van der Waals surface area (Å²) in [5.74, 6) is -8.21. The van der Waals surface area contributed by atoms with E-state index < -0.39 is 72.7 Å². The van der Waals surface area contributed by atoms with Crippen LogP contribution >= 0.6 is 0 Å². The number of carboxylic acids is 6. The average molecular weight is 1130 g/mol. The van der Waals surface area contributed by atoms with Gasteiger partial charge in [0.1, 0.15) is 24.7 Å². The van der Waals surface area contributed by atoms with Gasteiger partial charge in [0, 0.05) is 13.1 Å². The highest BCUT2D eigenvalue weighted by Crippen LogP contribution is 2.36. The molecule has 0 spiro atoms. The number of aliphatic hydroxyl groups is 2. The second kappa shape index (κ2) is 34.3. The Balaban J connectivity index is 0.000000306. The van der Waals surface area contributed by atoms with E-state index in [9.17, 15) is 28.8 Å². The zero-order valence-corrected chi connectivity index (χ0v) is 47.0. The molecule has 82 heavy (non-hydrogen) atoms. The van der Waals surface area contributed by atoms with Crippen LogP contribution < -0.4 is 9.47 Å². The van der Waals surface area contributed by atoms with Gasteiger partial charge in [-0.05, 0) is 121 Å². The van der Waals surface area contributed by atoms with Crippen molar-refractivity contribution in [3.8, 4) is 11.5 Å². The van der Waals surface area contributed by atoms with Crippen LogP contribution in [-0.2, 0) is 28.8 Å². The molecule has 0 saturated carbocycles. The number of hydrogen-bond acceptors (Lipinski definition) is 12. The van der Waals surface area contributed by atoms with E-state index in [1.165, 1.54) is 55.7 Å². The van der Waals surface area contributed by atoms with Crippen molar-refractivity contribution in [2.24, 2.45) is 0 Å². The van der Waals surface area contributed by atoms with Crippen molar-refractivity contribution in [3.05, 3.63) is 203 Å². The topological polar surface area (TPSA) is 289 Å². The molecule has 18 heteroatoms. The van der Waals surface area contributed by atoms with Crippen LogP contribution in [0.25, 0.3) is 22.3 Å². The minimum Gasteiger partial charge on any atom is -0.492 e. The van der Waals surface area contributed by atoms with E-state index in [1.54, 1.807) is 0 Å². The molecule has 0 aliphatic carbocycles. The Morgan fingerprint density at radius 1 is 0.366 bits per heavy atom. The van der Waals surface area contributed by atoms with Crippen LogP contribution in [0.15, 0.2) is 170 Å². The smallest absolute Gasteiger partial charge is 0.336 e. The highest BCUT2D eigenvalue weighted by atomic mass is 16.5. The van der Waals surface area contributed by atoms with Gasteiger partial charge in [-0.2, -0.15) is 0 Å². The molecule has 0 heterocycles. The molecular weight excluding hydrogens is 1050 g/mol. The molecule has 0 aliphatic heterocycles. The molecule has 0 unspecified atom stereocenters. The molecule has 0 aliphatic rings. The van der Waals surface area contributed by atoms with Crippen LogP contribution in [0.1, 0.15) is 85.8 Å². The summed E-state index contributed by atoms with van der Waals surface area (Å²) in [5, 5.41) is 67.6. The van der Waals surface area contributed by atoms with Gasteiger partial charge in [-0.15, -0.1) is 0 Å². The second-order valence-electron chi connectivity index (χ2n) is 19.2. The summed E-state index contributed by atoms with van der Waals surface area (Å²) in [6.45, 7) is 7.65. The predicted molar refractivity (Wildman–Crippen MR) is 313 cm³/mol. The van der Waals surface area contributed by atoms with Crippen molar-refractivity contribution in [3.63, 3.8) is 0 Å². The van der Waals surface area contributed by atoms with Gasteiger partial charge in [0.2, 0.25) is 0 Å². The lowest BCUT2D eigenvalue weighted by atomic mass is 9.88. The van der Waals surface area contributed by atoms with E-state index >= 15 is 0 Å². The summed E-state index contributed by atoms with van der Waals surface area (Å²) < 4.78 is 11.7. The van der Waals surface area contributed by atoms with E-state index in [1.807, 2.05) is 0 Å². The maximum absolute atomic E-state index is 10.3. The summed E-state index contributed by atoms with van der Waals surface area (Å²) in [7, 11) is 8.22. The number of ether oxygens (including phenoxy) is 2. The first-order valence-electron chi connectivity index (χ1n) is 26.2. The molecule has 18 nitrogen and oxygen atoms in total. The van der Waals surface area contributed by atoms with Gasteiger partial charge in [0.25, 0.3) is 0 Å². The second-order valence-corrected chi connectivity index (χ2v) is 19.2. The summed E-state index contributed by atoms with van der Waals surface area (Å²) in [6.07, 6.45) is -2.64. The third kappa shape index (κ3) is 23.0. The number of aliphatic carboxylic acids is 6. The fraction of sp³-hybridized carbons (Fsp3) is 0.281. The highest BCUT2D eigenvalue weighted by Gasteiger charge is 2.41. The number of allylic oxidation sites excluding steroid dienone is 2. The van der Waals surface area contributed by atoms with Gasteiger partial charge in [0.15, 0.2) is 11.2 Å². The van der Waals surface area contributed by atoms with Crippen molar-refractivity contribution in [1.29, 1.82) is 0 Å². The van der Waals surface area contributed by atoms with E-state index in [2.05, 4.69) is 222 Å². The van der Waals surface area contributed by atoms with Crippen molar-refractivity contribution < 1.29 is 79.1 Å². The zero-order chi connectivity index (χ0) is 60.8. The summed E-state index contributed by atoms with van der Waals surface area (Å²) in [5.41, 5.74) is 7.26. The molecule has 0 aromatic heterocycles. The van der Waals surface area contributed by atoms with Crippen LogP contribution in [0.5, 0.6) is 11.5 Å². The minimum atomic E-state index is -2.74. The molecule has 6 aromatic carbocycles. The molecule has 0 radical (unpaired) electrons. The SMILES string of the molecule is CC/C(=C(\c1ccccc1)c1ccc(OCCN(C)C)cc1)c1ccccc1.CC/C(=C(\c1ccccc1)c1ccc(OCCN(C)C)cc1)c1ccccc1.O=C(O)CC(O)(CC(=O)O)C(=O)O.O=C(O)CC(O)(CC(=O)O)C(=O)O. The third-order valence-electron chi connectivity index (χ3n) is 12.2. The number of carbonyl (C=O) groups is 6. The number of hydrogen-bond donors (Lipinski definition) is 8. The normalized spacial score (nSPS) is 11.6. The maximum Gasteiger partial charge on any atom is 0.336 e. The van der Waals surface area contributed by atoms with Crippen molar-refractivity contribution >= 4 is 58.1 Å². The summed E-state index contributed by atoms with van der Waals surface area (Å²) in [4.78, 5) is 65.2. The van der Waals surface area contributed by atoms with Crippen molar-refractivity contribution in [2.45, 2.75) is 63.6 Å². The number of benzene rings is 6. The first kappa shape index (κ1) is 67.3. The molecule has 0 amide bonds. The Morgan fingerprint density at radius 2 is 0.598 bits per heavy atom. The van der Waals surface area contributed by atoms with E-state index in [4.69, 9.17) is 50.3 Å². The number of carboxylic acid groups (broad SMARTS) is 6. The standard InChI is InChI=1S/2C26H29NO.2C6H8O7/c2*1-4-25(21-11-7-5-8-12-21)26(22-13-9-6-10-14-22)23-15-17-24(18-16-23)28-20-19-27(2)3;2*7-3(8)1-6(13,5(11)12)2-4(9)10/h2*5-18H,4,19-20H2,1-3H3;2*13H,1-2H2,(H,7,8)(H,9,10)(H,11,12)/b2*26-25-;;. The Hall–Kier alpha value is -8.94. The molecule has 8 N–H and O–H groups in total. The zero-order valence-electron chi connectivity index (χ0n) is 47.0. The van der Waals surface area contributed by atoms with Crippen LogP contribution in [0.4, 0.5) is 0 Å². The molecule has 6 aromatic rings. The van der Waals surface area contributed by atoms with Crippen molar-refractivity contribution in [2.75, 3.05) is 54.5 Å². The van der Waals surface area contributed by atoms with Gasteiger partial charge < -0.3 is 60.1 Å². The molecule has 0 bridgehead atoms. The largest absolute Gasteiger partial charge is 0.492 e. The highest BCUT2D eigenvalue weighted by molar-refractivity contribution is 5.99. The maximum atomic E-state index is 10.3. The van der Waals surface area contributed by atoms with Crippen LogP contribution in [0.2, 0.25) is 0 Å². The lowest BCUT2D eigenvalue weighted by Crippen LogP contribution is -2.42. The summed E-state index contributed by atoms with van der Waals surface area (Å²) >= 11 is 0. The van der Waals surface area contributed by atoms with Crippen LogP contribution in [0, 0.1) is 0 Å². The number of nitrogens with zero attached hydrogens (tertiary/aromatic N) is 2. The number of likely N-dealkylation sites (N-methyl/N-ethyl adjacent to an activating group) is 2. The average Bonchev–Trinajstić information content (AvgIpc) is 3.60. The van der Waals surface area contributed by atoms with E-state index in [0.717, 1.165) is 37.4 Å². The monoisotopic (exact) mass is 1130 g/mol. The van der Waals surface area contributed by atoms with Gasteiger partial charge >= 0.3 is 35.8 Å². The van der Waals surface area contributed by atoms with Crippen molar-refractivity contribution in [1.82, 2.24) is 9.80 Å². The Morgan fingerprint density at radius 3 is 0.805 bits per heavy atom. The summed E-state index contributed by atoms with van der Waals surface area (Å²) in [6, 6.07) is 59.6.